The predicted molar refractivity (Wildman–Crippen MR) is 80.5 cm³/mol. The molecule has 1 amide bonds. The molecule has 2 rings (SSSR count). The number of allylic oxidation sites excluding steroid dienone is 1. The lowest BCUT2D eigenvalue weighted by atomic mass is 10.2. The molecule has 0 spiro atoms. The van der Waals surface area contributed by atoms with Gasteiger partial charge in [0.15, 0.2) is 0 Å². The summed E-state index contributed by atoms with van der Waals surface area (Å²) in [6.45, 7) is 0. The number of hydrogen-bond donors (Lipinski definition) is 1. The Morgan fingerprint density at radius 2 is 2.00 bits per heavy atom. The Morgan fingerprint density at radius 3 is 2.70 bits per heavy atom. The number of carbonyl (C=O) groups excluding carboxylic acids is 1. The van der Waals surface area contributed by atoms with E-state index in [0.717, 1.165) is 5.56 Å². The minimum atomic E-state index is -0.335. The van der Waals surface area contributed by atoms with Crippen molar-refractivity contribution in [3.8, 4) is 0 Å². The second kappa shape index (κ2) is 7.21. The average molecular weight is 286 g/mol. The molecule has 1 N–H and O–H groups in total. The van der Waals surface area contributed by atoms with Crippen molar-refractivity contribution in [2.45, 2.75) is 0 Å². The summed E-state index contributed by atoms with van der Waals surface area (Å²) in [4.78, 5) is 15.5. The van der Waals surface area contributed by atoms with Crippen molar-refractivity contribution in [2.75, 3.05) is 0 Å². The second-order valence-electron chi connectivity index (χ2n) is 3.88. The van der Waals surface area contributed by atoms with Gasteiger partial charge in [0.1, 0.15) is 0 Å². The van der Waals surface area contributed by atoms with E-state index in [0.29, 0.717) is 10.6 Å². The summed E-state index contributed by atoms with van der Waals surface area (Å²) in [6, 6.07) is 12.9. The van der Waals surface area contributed by atoms with Crippen LogP contribution in [0.2, 0.25) is 0 Å². The fraction of sp³-hybridized carbons (Fsp3) is 0. The summed E-state index contributed by atoms with van der Waals surface area (Å²) in [5, 5.41) is 4.21. The summed E-state index contributed by atoms with van der Waals surface area (Å²) in [5.41, 5.74) is 3.78. The van der Waals surface area contributed by atoms with E-state index in [9.17, 15) is 4.79 Å². The Morgan fingerprint density at radius 1 is 1.20 bits per heavy atom. The van der Waals surface area contributed by atoms with Gasteiger partial charge < -0.3 is 0 Å². The van der Waals surface area contributed by atoms with E-state index in [4.69, 9.17) is 11.6 Å². The molecule has 1 heterocycles. The molecule has 0 atom stereocenters. The van der Waals surface area contributed by atoms with Crippen LogP contribution in [0.25, 0.3) is 6.08 Å². The van der Waals surface area contributed by atoms with Gasteiger partial charge in [0.05, 0.1) is 16.8 Å². The number of benzene rings is 1. The number of amides is 1. The lowest BCUT2D eigenvalue weighted by Crippen LogP contribution is -2.17. The van der Waals surface area contributed by atoms with Crippen LogP contribution in [0.1, 0.15) is 15.9 Å². The normalized spacial score (nSPS) is 11.6. The molecule has 4 nitrogen and oxygen atoms in total. The molecule has 100 valence electrons. The third-order valence-corrected chi connectivity index (χ3v) is 2.59. The molecule has 20 heavy (non-hydrogen) atoms. The maximum atomic E-state index is 11.7. The van der Waals surface area contributed by atoms with Crippen molar-refractivity contribution in [3.05, 3.63) is 71.0 Å². The zero-order valence-electron chi connectivity index (χ0n) is 10.5. The van der Waals surface area contributed by atoms with E-state index in [1.807, 2.05) is 30.3 Å². The van der Waals surface area contributed by atoms with Crippen LogP contribution >= 0.6 is 11.6 Å². The fourth-order valence-corrected chi connectivity index (χ4v) is 1.63. The van der Waals surface area contributed by atoms with Crippen LogP contribution in [0.3, 0.4) is 0 Å². The van der Waals surface area contributed by atoms with E-state index in [1.54, 1.807) is 24.4 Å². The SMILES string of the molecule is O=C(NN=CC(Cl)=Cc1ccccc1)c1cccnc1. The first-order chi connectivity index (χ1) is 9.75. The van der Waals surface area contributed by atoms with Crippen LogP contribution in [0.4, 0.5) is 0 Å². The van der Waals surface area contributed by atoms with Gasteiger partial charge in [0.2, 0.25) is 0 Å². The monoisotopic (exact) mass is 285 g/mol. The summed E-state index contributed by atoms with van der Waals surface area (Å²) >= 11 is 5.99. The van der Waals surface area contributed by atoms with E-state index in [1.165, 1.54) is 12.4 Å². The predicted octanol–water partition coefficient (Wildman–Crippen LogP) is 3.08. The molecule has 1 aromatic carbocycles. The van der Waals surface area contributed by atoms with Gasteiger partial charge in [-0.05, 0) is 23.8 Å². The third-order valence-electron chi connectivity index (χ3n) is 2.38. The van der Waals surface area contributed by atoms with E-state index in [-0.39, 0.29) is 5.91 Å². The second-order valence-corrected chi connectivity index (χ2v) is 4.32. The highest BCUT2D eigenvalue weighted by molar-refractivity contribution is 6.41. The largest absolute Gasteiger partial charge is 0.272 e. The zero-order chi connectivity index (χ0) is 14.2. The highest BCUT2D eigenvalue weighted by Crippen LogP contribution is 2.07. The Balaban J connectivity index is 1.94. The van der Waals surface area contributed by atoms with Crippen molar-refractivity contribution in [1.82, 2.24) is 10.4 Å². The lowest BCUT2D eigenvalue weighted by molar-refractivity contribution is 0.0955. The molecule has 1 aromatic heterocycles. The Bertz CT molecular complexity index is 624. The smallest absolute Gasteiger partial charge is 0.267 e. The number of aromatic nitrogens is 1. The van der Waals surface area contributed by atoms with Gasteiger partial charge in [-0.3, -0.25) is 9.78 Å². The highest BCUT2D eigenvalue weighted by Gasteiger charge is 2.02. The number of carbonyl (C=O) groups is 1. The van der Waals surface area contributed by atoms with Crippen LogP contribution in [0, 0.1) is 0 Å². The van der Waals surface area contributed by atoms with Crippen LogP contribution in [-0.2, 0) is 0 Å². The summed E-state index contributed by atoms with van der Waals surface area (Å²) in [6.07, 6.45) is 6.19. The third kappa shape index (κ3) is 4.33. The Labute approximate surface area is 121 Å². The quantitative estimate of drug-likeness (QED) is 0.693. The van der Waals surface area contributed by atoms with E-state index < -0.39 is 0 Å². The highest BCUT2D eigenvalue weighted by atomic mass is 35.5. The minimum absolute atomic E-state index is 0.335. The molecule has 0 bridgehead atoms. The summed E-state index contributed by atoms with van der Waals surface area (Å²) < 4.78 is 0. The maximum Gasteiger partial charge on any atom is 0.272 e. The van der Waals surface area contributed by atoms with Crippen LogP contribution < -0.4 is 5.43 Å². The number of hydrazone groups is 1. The van der Waals surface area contributed by atoms with Crippen molar-refractivity contribution < 1.29 is 4.79 Å². The van der Waals surface area contributed by atoms with Gasteiger partial charge in [-0.1, -0.05) is 41.9 Å². The standard InChI is InChI=1S/C15H12ClN3O/c16-14(9-12-5-2-1-3-6-12)11-18-19-15(20)13-7-4-8-17-10-13/h1-11H,(H,19,20). The molecule has 0 unspecified atom stereocenters. The molecular weight excluding hydrogens is 274 g/mol. The zero-order valence-corrected chi connectivity index (χ0v) is 11.3. The lowest BCUT2D eigenvalue weighted by Gasteiger charge is -1.98. The number of nitrogens with zero attached hydrogens (tertiary/aromatic N) is 2. The van der Waals surface area contributed by atoms with Gasteiger partial charge >= 0.3 is 0 Å². The fourth-order valence-electron chi connectivity index (χ4n) is 1.46. The van der Waals surface area contributed by atoms with Crippen LogP contribution in [-0.4, -0.2) is 17.1 Å². The first-order valence-corrected chi connectivity index (χ1v) is 6.29. The molecule has 0 saturated carbocycles. The van der Waals surface area contributed by atoms with Crippen molar-refractivity contribution in [1.29, 1.82) is 0 Å². The number of rotatable bonds is 4. The first kappa shape index (κ1) is 14.0. The number of pyridine rings is 1. The number of hydrogen-bond acceptors (Lipinski definition) is 3. The van der Waals surface area contributed by atoms with Crippen LogP contribution in [0.15, 0.2) is 65.0 Å². The van der Waals surface area contributed by atoms with Crippen molar-refractivity contribution >= 4 is 29.8 Å². The maximum absolute atomic E-state index is 11.7. The molecule has 5 heteroatoms. The molecule has 0 aliphatic rings. The van der Waals surface area contributed by atoms with Crippen molar-refractivity contribution in [3.63, 3.8) is 0 Å². The molecule has 0 radical (unpaired) electrons. The van der Waals surface area contributed by atoms with Crippen LogP contribution in [0.5, 0.6) is 0 Å². The molecule has 0 fully saturated rings. The first-order valence-electron chi connectivity index (χ1n) is 5.91. The van der Waals surface area contributed by atoms with Gasteiger partial charge in [0.25, 0.3) is 5.91 Å². The van der Waals surface area contributed by atoms with Gasteiger partial charge in [0, 0.05) is 12.4 Å². The molecule has 0 aliphatic heterocycles. The topological polar surface area (TPSA) is 54.4 Å². The molecule has 0 saturated heterocycles. The van der Waals surface area contributed by atoms with Crippen molar-refractivity contribution in [2.24, 2.45) is 5.10 Å². The molecular formula is C15H12ClN3O. The average Bonchev–Trinajstić information content (AvgIpc) is 2.49. The number of halogens is 1. The minimum Gasteiger partial charge on any atom is -0.267 e. The summed E-state index contributed by atoms with van der Waals surface area (Å²) in [7, 11) is 0. The Kier molecular flexibility index (Phi) is 5.03. The molecule has 2 aromatic rings. The van der Waals surface area contributed by atoms with Gasteiger partial charge in [-0.15, -0.1) is 0 Å². The van der Waals surface area contributed by atoms with E-state index in [2.05, 4.69) is 15.5 Å². The van der Waals surface area contributed by atoms with Gasteiger partial charge in [-0.2, -0.15) is 5.10 Å². The number of nitrogens with one attached hydrogen (secondary N) is 1. The molecule has 0 aliphatic carbocycles. The van der Waals surface area contributed by atoms with Gasteiger partial charge in [-0.25, -0.2) is 5.43 Å². The summed E-state index contributed by atoms with van der Waals surface area (Å²) in [5.74, 6) is -0.335. The van der Waals surface area contributed by atoms with E-state index >= 15 is 0 Å². The Hall–Kier alpha value is -2.46.